The maximum atomic E-state index is 11.6. The smallest absolute Gasteiger partial charge is 0.245 e. The van der Waals surface area contributed by atoms with Gasteiger partial charge in [-0.1, -0.05) is 19.9 Å². The van der Waals surface area contributed by atoms with Crippen molar-refractivity contribution in [1.82, 2.24) is 10.3 Å². The molecule has 1 aromatic heterocycles. The molecule has 0 spiro atoms. The third-order valence-electron chi connectivity index (χ3n) is 5.46. The number of nitrogens with two attached hydrogens (primary N) is 1. The number of pyridine rings is 1. The molecule has 3 heterocycles. The molecule has 1 saturated heterocycles. The summed E-state index contributed by atoms with van der Waals surface area (Å²) >= 11 is -1.56. The highest BCUT2D eigenvalue weighted by Crippen LogP contribution is 2.30. The van der Waals surface area contributed by atoms with Crippen molar-refractivity contribution < 1.29 is 13.7 Å². The molecule has 2 aliphatic heterocycles. The van der Waals surface area contributed by atoms with Gasteiger partial charge in [-0.05, 0) is 44.2 Å². The van der Waals surface area contributed by atoms with Crippen molar-refractivity contribution in [2.24, 2.45) is 16.0 Å². The fourth-order valence-electron chi connectivity index (χ4n) is 3.55. The van der Waals surface area contributed by atoms with Crippen molar-refractivity contribution >= 4 is 34.8 Å². The van der Waals surface area contributed by atoms with E-state index in [4.69, 9.17) is 10.5 Å². The fourth-order valence-corrected chi connectivity index (χ4v) is 4.22. The topological polar surface area (TPSA) is 122 Å². The van der Waals surface area contributed by atoms with Crippen LogP contribution in [-0.4, -0.2) is 54.1 Å². The lowest BCUT2D eigenvalue weighted by molar-refractivity contribution is 0.112. The van der Waals surface area contributed by atoms with Crippen LogP contribution in [0, 0.1) is 5.92 Å². The number of amidine groups is 1. The number of nitrogens with zero attached hydrogens (tertiary/aromatic N) is 3. The molecular weight excluding hydrogens is 440 g/mol. The minimum Gasteiger partial charge on any atom is -0.492 e. The lowest BCUT2D eigenvalue weighted by Crippen LogP contribution is -2.38. The fraction of sp³-hybridized carbons (Fsp3) is 0.435. The molecule has 178 valence electrons. The number of benzene rings is 1. The molecule has 4 rings (SSSR count). The van der Waals surface area contributed by atoms with Crippen molar-refractivity contribution in [3.63, 3.8) is 0 Å². The Balaban J connectivity index is 0.000000555. The van der Waals surface area contributed by atoms with E-state index in [-0.39, 0.29) is 5.84 Å². The van der Waals surface area contributed by atoms with Crippen LogP contribution in [0.25, 0.3) is 0 Å². The third kappa shape index (κ3) is 6.75. The molecule has 2 aromatic rings. The molecule has 10 heteroatoms. The van der Waals surface area contributed by atoms with E-state index < -0.39 is 11.2 Å². The average molecular weight is 473 g/mol. The van der Waals surface area contributed by atoms with Gasteiger partial charge >= 0.3 is 0 Å². The van der Waals surface area contributed by atoms with Gasteiger partial charge in [-0.3, -0.25) is 9.52 Å². The number of fused-ring (bicyclic) bond motifs is 1. The Hall–Kier alpha value is -2.98. The van der Waals surface area contributed by atoms with Crippen LogP contribution in [0.4, 0.5) is 11.5 Å². The molecule has 33 heavy (non-hydrogen) atoms. The predicted molar refractivity (Wildman–Crippen MR) is 133 cm³/mol. The first kappa shape index (κ1) is 24.7. The number of ether oxygens (including phenoxy) is 1. The summed E-state index contributed by atoms with van der Waals surface area (Å²) < 4.78 is 24.4. The quantitative estimate of drug-likeness (QED) is 0.552. The van der Waals surface area contributed by atoms with E-state index in [2.05, 4.69) is 38.2 Å². The maximum Gasteiger partial charge on any atom is 0.245 e. The first-order valence-corrected chi connectivity index (χ1v) is 12.1. The molecule has 0 saturated carbocycles. The minimum absolute atomic E-state index is 0.211. The van der Waals surface area contributed by atoms with E-state index in [1.807, 2.05) is 25.2 Å². The van der Waals surface area contributed by atoms with E-state index in [0.29, 0.717) is 41.1 Å². The highest BCUT2D eigenvalue weighted by molar-refractivity contribution is 7.85. The van der Waals surface area contributed by atoms with Gasteiger partial charge in [0.1, 0.15) is 23.7 Å². The van der Waals surface area contributed by atoms with Gasteiger partial charge in [-0.15, -0.1) is 0 Å². The lowest BCUT2D eigenvalue weighted by Gasteiger charge is -2.33. The standard InChI is InChI=1S/C19H21N5O3S.C4H11N/c20-19-18-15(22-28(26)23-19)4-1-5-16(18)27-12-14-3-2-8-24(10-14)17-9-13(11-25)6-7-21-17;1-4(2)5-3/h1,4-7,9,11,14,22H,2-3,8,10,12H2,(H2,20,23);4-5H,1-3H3. The number of aldehydes is 1. The molecule has 0 radical (unpaired) electrons. The number of hydrogen-bond acceptors (Lipinski definition) is 7. The highest BCUT2D eigenvalue weighted by Gasteiger charge is 2.24. The summed E-state index contributed by atoms with van der Waals surface area (Å²) in [5, 5.41) is 3.03. The third-order valence-corrected chi connectivity index (χ3v) is 6.22. The maximum absolute atomic E-state index is 11.6. The van der Waals surface area contributed by atoms with Crippen LogP contribution in [0.1, 0.15) is 42.6 Å². The summed E-state index contributed by atoms with van der Waals surface area (Å²) in [6.07, 6.45) is 4.57. The summed E-state index contributed by atoms with van der Waals surface area (Å²) in [4.78, 5) is 17.6. The van der Waals surface area contributed by atoms with E-state index in [9.17, 15) is 9.00 Å². The van der Waals surface area contributed by atoms with Crippen LogP contribution in [-0.2, 0) is 11.2 Å². The van der Waals surface area contributed by atoms with Gasteiger partial charge in [0.15, 0.2) is 0 Å². The van der Waals surface area contributed by atoms with E-state index in [1.165, 1.54) is 0 Å². The van der Waals surface area contributed by atoms with Gasteiger partial charge in [0, 0.05) is 36.8 Å². The van der Waals surface area contributed by atoms with Gasteiger partial charge in [-0.2, -0.15) is 4.40 Å². The summed E-state index contributed by atoms with van der Waals surface area (Å²) in [6, 6.07) is 9.62. The second-order valence-electron chi connectivity index (χ2n) is 8.28. The molecule has 0 bridgehead atoms. The van der Waals surface area contributed by atoms with Crippen LogP contribution in [0.15, 0.2) is 40.9 Å². The Morgan fingerprint density at radius 2 is 2.18 bits per heavy atom. The Labute approximate surface area is 197 Å². The van der Waals surface area contributed by atoms with E-state index >= 15 is 0 Å². The Morgan fingerprint density at radius 3 is 2.91 bits per heavy atom. The first-order valence-electron chi connectivity index (χ1n) is 11.0. The number of piperidine rings is 1. The monoisotopic (exact) mass is 472 g/mol. The van der Waals surface area contributed by atoms with E-state index in [1.54, 1.807) is 18.3 Å². The van der Waals surface area contributed by atoms with Crippen molar-refractivity contribution in [2.75, 3.05) is 36.4 Å². The van der Waals surface area contributed by atoms with Gasteiger partial charge in [0.25, 0.3) is 0 Å². The Kier molecular flexibility index (Phi) is 8.79. The molecule has 2 aliphatic rings. The van der Waals surface area contributed by atoms with Crippen LogP contribution in [0.2, 0.25) is 0 Å². The summed E-state index contributed by atoms with van der Waals surface area (Å²) in [7, 11) is 1.95. The summed E-state index contributed by atoms with van der Waals surface area (Å²) in [6.45, 7) is 6.45. The zero-order valence-electron chi connectivity index (χ0n) is 19.3. The molecule has 0 amide bonds. The molecule has 4 N–H and O–H groups in total. The normalized spacial score (nSPS) is 19.5. The van der Waals surface area contributed by atoms with Gasteiger partial charge < -0.3 is 20.7 Å². The lowest BCUT2D eigenvalue weighted by atomic mass is 9.99. The summed E-state index contributed by atoms with van der Waals surface area (Å²) in [5.74, 6) is 1.97. The number of hydrogen-bond donors (Lipinski definition) is 3. The number of nitrogens with one attached hydrogen (secondary N) is 2. The Bertz CT molecular complexity index is 1010. The van der Waals surface area contributed by atoms with Crippen molar-refractivity contribution in [1.29, 1.82) is 0 Å². The largest absolute Gasteiger partial charge is 0.492 e. The Morgan fingerprint density at radius 1 is 1.39 bits per heavy atom. The zero-order valence-corrected chi connectivity index (χ0v) is 20.1. The molecule has 1 fully saturated rings. The number of carbonyl (C=O) groups excluding carboxylic acids is 1. The van der Waals surface area contributed by atoms with Gasteiger partial charge in [-0.25, -0.2) is 9.19 Å². The van der Waals surface area contributed by atoms with Gasteiger partial charge in [0.05, 0.1) is 17.9 Å². The SMILES string of the molecule is CNC(C)C.NC1=NS(=O)Nc2cccc(OCC3CCCN(c4cc(C=O)ccn4)C3)c21. The second-order valence-corrected chi connectivity index (χ2v) is 9.17. The van der Waals surface area contributed by atoms with Crippen LogP contribution >= 0.6 is 0 Å². The minimum atomic E-state index is -1.56. The zero-order chi connectivity index (χ0) is 23.8. The van der Waals surface area contributed by atoms with E-state index in [0.717, 1.165) is 38.0 Å². The number of anilines is 2. The summed E-state index contributed by atoms with van der Waals surface area (Å²) in [5.41, 5.74) is 7.89. The number of carbonyl (C=O) groups is 1. The average Bonchev–Trinajstić information content (AvgIpc) is 2.83. The molecule has 1 aromatic carbocycles. The highest BCUT2D eigenvalue weighted by atomic mass is 32.2. The van der Waals surface area contributed by atoms with Crippen LogP contribution in [0.5, 0.6) is 5.75 Å². The van der Waals surface area contributed by atoms with Crippen LogP contribution in [0.3, 0.4) is 0 Å². The second kappa shape index (κ2) is 11.8. The molecule has 9 nitrogen and oxygen atoms in total. The van der Waals surface area contributed by atoms with Crippen LogP contribution < -0.4 is 25.4 Å². The molecule has 2 unspecified atom stereocenters. The van der Waals surface area contributed by atoms with Crippen molar-refractivity contribution in [3.05, 3.63) is 47.7 Å². The number of aromatic nitrogens is 1. The molecular formula is C23H32N6O3S. The van der Waals surface area contributed by atoms with Gasteiger partial charge in [0.2, 0.25) is 11.2 Å². The molecule has 2 atom stereocenters. The first-order chi connectivity index (χ1) is 15.9. The number of rotatable bonds is 6. The van der Waals surface area contributed by atoms with Crippen molar-refractivity contribution in [3.8, 4) is 5.75 Å². The molecule has 0 aliphatic carbocycles. The predicted octanol–water partition coefficient (Wildman–Crippen LogP) is 2.51. The van der Waals surface area contributed by atoms with Crippen molar-refractivity contribution in [2.45, 2.75) is 32.7 Å².